The standard InChI is InChI=1S/C13H12BrNO4/c1-18-11-5-9(14)4-10(6-11)15-7-8-2-3-19-12(8)13(16)17/h2-6,15H,7H2,1H3,(H,16,17). The van der Waals surface area contributed by atoms with Gasteiger partial charge in [-0.25, -0.2) is 4.79 Å². The van der Waals surface area contributed by atoms with Crippen molar-refractivity contribution in [2.45, 2.75) is 6.54 Å². The molecule has 2 rings (SSSR count). The summed E-state index contributed by atoms with van der Waals surface area (Å²) < 4.78 is 10.9. The Kier molecular flexibility index (Phi) is 4.11. The Morgan fingerprint density at radius 3 is 2.95 bits per heavy atom. The first-order valence-electron chi connectivity index (χ1n) is 5.48. The fourth-order valence-electron chi connectivity index (χ4n) is 1.64. The molecule has 0 radical (unpaired) electrons. The van der Waals surface area contributed by atoms with E-state index in [0.29, 0.717) is 17.9 Å². The van der Waals surface area contributed by atoms with Crippen LogP contribution in [0.3, 0.4) is 0 Å². The molecule has 0 unspecified atom stereocenters. The molecule has 0 aliphatic heterocycles. The van der Waals surface area contributed by atoms with Crippen molar-refractivity contribution in [2.75, 3.05) is 12.4 Å². The summed E-state index contributed by atoms with van der Waals surface area (Å²) in [5, 5.41) is 12.1. The molecule has 6 heteroatoms. The fraction of sp³-hybridized carbons (Fsp3) is 0.154. The van der Waals surface area contributed by atoms with Crippen LogP contribution in [0.5, 0.6) is 5.75 Å². The summed E-state index contributed by atoms with van der Waals surface area (Å²) in [6.45, 7) is 0.359. The van der Waals surface area contributed by atoms with Gasteiger partial charge in [0.05, 0.1) is 13.4 Å². The van der Waals surface area contributed by atoms with Crippen molar-refractivity contribution in [1.82, 2.24) is 0 Å². The predicted molar refractivity (Wildman–Crippen MR) is 73.7 cm³/mol. The minimum atomic E-state index is -1.08. The molecule has 100 valence electrons. The Labute approximate surface area is 118 Å². The van der Waals surface area contributed by atoms with Gasteiger partial charge in [0.1, 0.15) is 5.75 Å². The Morgan fingerprint density at radius 1 is 1.47 bits per heavy atom. The summed E-state index contributed by atoms with van der Waals surface area (Å²) >= 11 is 3.38. The van der Waals surface area contributed by atoms with Crippen LogP contribution in [0.2, 0.25) is 0 Å². The number of ether oxygens (including phenoxy) is 1. The number of carboxylic acid groups (broad SMARTS) is 1. The molecular weight excluding hydrogens is 314 g/mol. The van der Waals surface area contributed by atoms with Crippen molar-refractivity contribution in [3.8, 4) is 5.75 Å². The van der Waals surface area contributed by atoms with Crippen LogP contribution in [0.1, 0.15) is 16.1 Å². The summed E-state index contributed by atoms with van der Waals surface area (Å²) in [7, 11) is 1.59. The lowest BCUT2D eigenvalue weighted by Gasteiger charge is -2.08. The first-order valence-corrected chi connectivity index (χ1v) is 6.27. The van der Waals surface area contributed by atoms with Gasteiger partial charge in [0.25, 0.3) is 0 Å². The van der Waals surface area contributed by atoms with E-state index in [0.717, 1.165) is 10.2 Å². The predicted octanol–water partition coefficient (Wildman–Crippen LogP) is 3.36. The number of benzene rings is 1. The molecule has 0 atom stereocenters. The molecular formula is C13H12BrNO4. The third-order valence-electron chi connectivity index (χ3n) is 2.53. The van der Waals surface area contributed by atoms with E-state index < -0.39 is 5.97 Å². The van der Waals surface area contributed by atoms with Crippen molar-refractivity contribution >= 4 is 27.6 Å². The number of anilines is 1. The zero-order chi connectivity index (χ0) is 13.8. The number of rotatable bonds is 5. The monoisotopic (exact) mass is 325 g/mol. The normalized spacial score (nSPS) is 10.2. The highest BCUT2D eigenvalue weighted by molar-refractivity contribution is 9.10. The third-order valence-corrected chi connectivity index (χ3v) is 2.99. The lowest BCUT2D eigenvalue weighted by Crippen LogP contribution is -2.04. The number of carboxylic acids is 1. The molecule has 2 aromatic rings. The largest absolute Gasteiger partial charge is 0.497 e. The molecule has 0 saturated carbocycles. The Hall–Kier alpha value is -1.95. The molecule has 5 nitrogen and oxygen atoms in total. The van der Waals surface area contributed by atoms with Gasteiger partial charge in [0.2, 0.25) is 5.76 Å². The highest BCUT2D eigenvalue weighted by Gasteiger charge is 2.13. The lowest BCUT2D eigenvalue weighted by molar-refractivity contribution is 0.0661. The van der Waals surface area contributed by atoms with Crippen LogP contribution < -0.4 is 10.1 Å². The molecule has 0 aliphatic rings. The second kappa shape index (κ2) is 5.79. The molecule has 0 aliphatic carbocycles. The summed E-state index contributed by atoms with van der Waals surface area (Å²) in [6.07, 6.45) is 1.36. The van der Waals surface area contributed by atoms with Crippen molar-refractivity contribution < 1.29 is 19.1 Å². The van der Waals surface area contributed by atoms with Crippen LogP contribution in [-0.4, -0.2) is 18.2 Å². The molecule has 1 aromatic heterocycles. The highest BCUT2D eigenvalue weighted by atomic mass is 79.9. The lowest BCUT2D eigenvalue weighted by atomic mass is 10.2. The molecule has 0 spiro atoms. The SMILES string of the molecule is COc1cc(Br)cc(NCc2ccoc2C(=O)O)c1. The number of methoxy groups -OCH3 is 1. The smallest absolute Gasteiger partial charge is 0.372 e. The van der Waals surface area contributed by atoms with Crippen molar-refractivity contribution in [3.63, 3.8) is 0 Å². The van der Waals surface area contributed by atoms with Gasteiger partial charge in [0, 0.05) is 28.3 Å². The number of hydrogen-bond donors (Lipinski definition) is 2. The summed E-state index contributed by atoms with van der Waals surface area (Å²) in [6, 6.07) is 7.17. The van der Waals surface area contributed by atoms with Crippen molar-refractivity contribution in [1.29, 1.82) is 0 Å². The van der Waals surface area contributed by atoms with E-state index in [4.69, 9.17) is 14.3 Å². The maximum Gasteiger partial charge on any atom is 0.372 e. The number of furan rings is 1. The number of halogens is 1. The Morgan fingerprint density at radius 2 is 2.26 bits per heavy atom. The van der Waals surface area contributed by atoms with Gasteiger partial charge in [-0.2, -0.15) is 0 Å². The van der Waals surface area contributed by atoms with Crippen molar-refractivity contribution in [3.05, 3.63) is 46.3 Å². The molecule has 0 amide bonds. The first-order chi connectivity index (χ1) is 9.10. The van der Waals surface area contributed by atoms with Gasteiger partial charge in [-0.05, 0) is 18.2 Å². The van der Waals surface area contributed by atoms with Gasteiger partial charge < -0.3 is 19.6 Å². The topological polar surface area (TPSA) is 71.7 Å². The van der Waals surface area contributed by atoms with Crippen LogP contribution in [0.15, 0.2) is 39.4 Å². The van der Waals surface area contributed by atoms with Crippen LogP contribution >= 0.6 is 15.9 Å². The minimum absolute atomic E-state index is 0.0468. The molecule has 19 heavy (non-hydrogen) atoms. The van der Waals surface area contributed by atoms with Crippen molar-refractivity contribution in [2.24, 2.45) is 0 Å². The van der Waals surface area contributed by atoms with Gasteiger partial charge in [-0.3, -0.25) is 0 Å². The van der Waals surface area contributed by atoms with Gasteiger partial charge in [-0.15, -0.1) is 0 Å². The number of nitrogens with one attached hydrogen (secondary N) is 1. The molecule has 2 N–H and O–H groups in total. The Bertz CT molecular complexity index is 594. The maximum absolute atomic E-state index is 10.9. The van der Waals surface area contributed by atoms with Crippen LogP contribution in [0.25, 0.3) is 0 Å². The van der Waals surface area contributed by atoms with Crippen LogP contribution in [-0.2, 0) is 6.54 Å². The molecule has 0 bridgehead atoms. The number of aromatic carboxylic acids is 1. The van der Waals surface area contributed by atoms with Gasteiger partial charge in [-0.1, -0.05) is 15.9 Å². The number of carbonyl (C=O) groups is 1. The minimum Gasteiger partial charge on any atom is -0.497 e. The summed E-state index contributed by atoms with van der Waals surface area (Å²) in [5.41, 5.74) is 1.41. The first kappa shape index (κ1) is 13.5. The third kappa shape index (κ3) is 3.29. The average molecular weight is 326 g/mol. The second-order valence-electron chi connectivity index (χ2n) is 3.81. The molecule has 1 heterocycles. The average Bonchev–Trinajstić information content (AvgIpc) is 2.84. The maximum atomic E-state index is 10.9. The van der Waals surface area contributed by atoms with E-state index in [-0.39, 0.29) is 5.76 Å². The fourth-order valence-corrected chi connectivity index (χ4v) is 2.11. The van der Waals surface area contributed by atoms with Gasteiger partial charge in [0.15, 0.2) is 0 Å². The van der Waals surface area contributed by atoms with Gasteiger partial charge >= 0.3 is 5.97 Å². The zero-order valence-corrected chi connectivity index (χ0v) is 11.7. The van der Waals surface area contributed by atoms with E-state index in [1.54, 1.807) is 13.2 Å². The Balaban J connectivity index is 2.12. The second-order valence-corrected chi connectivity index (χ2v) is 4.73. The molecule has 1 aromatic carbocycles. The van der Waals surface area contributed by atoms with Crippen LogP contribution in [0, 0.1) is 0 Å². The molecule has 0 fully saturated rings. The van der Waals surface area contributed by atoms with E-state index >= 15 is 0 Å². The van der Waals surface area contributed by atoms with E-state index in [9.17, 15) is 4.79 Å². The van der Waals surface area contributed by atoms with E-state index in [2.05, 4.69) is 21.2 Å². The quantitative estimate of drug-likeness (QED) is 0.881. The van der Waals surface area contributed by atoms with Crippen LogP contribution in [0.4, 0.5) is 5.69 Å². The number of hydrogen-bond acceptors (Lipinski definition) is 4. The molecule has 0 saturated heterocycles. The van der Waals surface area contributed by atoms with E-state index in [1.165, 1.54) is 6.26 Å². The summed E-state index contributed by atoms with van der Waals surface area (Å²) in [4.78, 5) is 10.9. The zero-order valence-electron chi connectivity index (χ0n) is 10.1. The van der Waals surface area contributed by atoms with E-state index in [1.807, 2.05) is 18.2 Å². The highest BCUT2D eigenvalue weighted by Crippen LogP contribution is 2.25. The summed E-state index contributed by atoms with van der Waals surface area (Å²) in [5.74, 6) is -0.411.